The second-order valence-electron chi connectivity index (χ2n) is 3.63. The molecule has 19 heavy (non-hydrogen) atoms. The van der Waals surface area contributed by atoms with Gasteiger partial charge in [0.2, 0.25) is 0 Å². The first-order valence-corrected chi connectivity index (χ1v) is 6.63. The lowest BCUT2D eigenvalue weighted by molar-refractivity contribution is -0.133. The molecular formula is C12H9N3O2S2. The maximum atomic E-state index is 10.5. The number of hydrogen-bond donors (Lipinski definition) is 2. The topological polar surface area (TPSA) is 78.9 Å². The first-order chi connectivity index (χ1) is 9.10. The number of nitrogens with zero attached hydrogens (tertiary/aromatic N) is 3. The lowest BCUT2D eigenvalue weighted by Crippen LogP contribution is -1.98. The lowest BCUT2D eigenvalue weighted by Gasteiger charge is -1.95. The summed E-state index contributed by atoms with van der Waals surface area (Å²) >= 11 is 5.30. The third-order valence-electron chi connectivity index (χ3n) is 2.31. The largest absolute Gasteiger partial charge is 0.481 e. The minimum Gasteiger partial charge on any atom is -0.481 e. The standard InChI is InChI=1S/C12H9N3O2S2/c13-6-8-1-3-9(4-2-8)10-5-11(15(18)14-10)19-7-12(16)17/h1-5,18H,7H2,(H,16,17). The summed E-state index contributed by atoms with van der Waals surface area (Å²) in [6.45, 7) is 0. The molecule has 0 aliphatic rings. The molecule has 0 saturated carbocycles. The van der Waals surface area contributed by atoms with Gasteiger partial charge in [-0.3, -0.25) is 4.79 Å². The second kappa shape index (κ2) is 5.82. The molecule has 7 heteroatoms. The number of hydrogen-bond acceptors (Lipinski definition) is 5. The maximum absolute atomic E-state index is 10.5. The zero-order valence-corrected chi connectivity index (χ0v) is 11.4. The Bertz CT molecular complexity index is 644. The quantitative estimate of drug-likeness (QED) is 0.667. The van der Waals surface area contributed by atoms with Crippen LogP contribution in [0.5, 0.6) is 0 Å². The molecule has 1 aromatic carbocycles. The highest BCUT2D eigenvalue weighted by molar-refractivity contribution is 8.00. The predicted octanol–water partition coefficient (Wildman–Crippen LogP) is 2.29. The molecule has 0 radical (unpaired) electrons. The first-order valence-electron chi connectivity index (χ1n) is 5.24. The number of thioether (sulfide) groups is 1. The van der Waals surface area contributed by atoms with Gasteiger partial charge in [-0.25, -0.2) is 4.09 Å². The van der Waals surface area contributed by atoms with E-state index in [-0.39, 0.29) is 5.75 Å². The number of carboxylic acids is 1. The first kappa shape index (κ1) is 13.5. The monoisotopic (exact) mass is 291 g/mol. The van der Waals surface area contributed by atoms with Crippen LogP contribution >= 0.6 is 24.6 Å². The highest BCUT2D eigenvalue weighted by atomic mass is 32.2. The van der Waals surface area contributed by atoms with E-state index in [4.69, 9.17) is 10.4 Å². The molecule has 1 N–H and O–H groups in total. The third kappa shape index (κ3) is 3.30. The average Bonchev–Trinajstić information content (AvgIpc) is 2.78. The SMILES string of the molecule is N#Cc1ccc(-c2cc(SCC(=O)O)n(S)n2)cc1. The minimum absolute atomic E-state index is 0.0426. The number of benzene rings is 1. The van der Waals surface area contributed by atoms with Gasteiger partial charge in [-0.05, 0) is 31.0 Å². The average molecular weight is 291 g/mol. The molecule has 0 saturated heterocycles. The van der Waals surface area contributed by atoms with E-state index >= 15 is 0 Å². The van der Waals surface area contributed by atoms with Gasteiger partial charge < -0.3 is 5.11 Å². The van der Waals surface area contributed by atoms with Crippen LogP contribution < -0.4 is 0 Å². The van der Waals surface area contributed by atoms with E-state index in [9.17, 15) is 4.79 Å². The van der Waals surface area contributed by atoms with Gasteiger partial charge in [-0.15, -0.1) is 0 Å². The molecule has 5 nitrogen and oxygen atoms in total. The van der Waals surface area contributed by atoms with Crippen LogP contribution in [0, 0.1) is 11.3 Å². The van der Waals surface area contributed by atoms with Crippen LogP contribution in [0.1, 0.15) is 5.56 Å². The van der Waals surface area contributed by atoms with Gasteiger partial charge in [0.1, 0.15) is 5.03 Å². The number of carbonyl (C=O) groups is 1. The molecule has 0 spiro atoms. The van der Waals surface area contributed by atoms with Crippen LogP contribution in [0.4, 0.5) is 0 Å². The molecule has 0 amide bonds. The fourth-order valence-electron chi connectivity index (χ4n) is 1.45. The molecule has 0 aliphatic carbocycles. The Hall–Kier alpha value is -1.91. The van der Waals surface area contributed by atoms with Crippen molar-refractivity contribution in [3.8, 4) is 17.3 Å². The third-order valence-corrected chi connectivity index (χ3v) is 3.73. The highest BCUT2D eigenvalue weighted by Crippen LogP contribution is 2.26. The smallest absolute Gasteiger partial charge is 0.313 e. The van der Waals surface area contributed by atoms with Gasteiger partial charge in [-0.1, -0.05) is 23.9 Å². The van der Waals surface area contributed by atoms with Crippen molar-refractivity contribution in [2.45, 2.75) is 5.03 Å². The maximum Gasteiger partial charge on any atom is 0.313 e. The Labute approximate surface area is 119 Å². The summed E-state index contributed by atoms with van der Waals surface area (Å²) in [4.78, 5) is 10.5. The summed E-state index contributed by atoms with van der Waals surface area (Å²) in [6.07, 6.45) is 0. The highest BCUT2D eigenvalue weighted by Gasteiger charge is 2.10. The van der Waals surface area contributed by atoms with E-state index in [0.717, 1.165) is 17.3 Å². The molecule has 2 aromatic rings. The molecule has 2 rings (SSSR count). The predicted molar refractivity (Wildman–Crippen MR) is 75.1 cm³/mol. The van der Waals surface area contributed by atoms with Crippen molar-refractivity contribution in [2.24, 2.45) is 0 Å². The normalized spacial score (nSPS) is 10.1. The van der Waals surface area contributed by atoms with Gasteiger partial charge in [-0.2, -0.15) is 10.4 Å². The van der Waals surface area contributed by atoms with Crippen LogP contribution in [-0.2, 0) is 4.79 Å². The van der Waals surface area contributed by atoms with E-state index < -0.39 is 5.97 Å². The van der Waals surface area contributed by atoms with Crippen LogP contribution in [0.3, 0.4) is 0 Å². The number of thiol groups is 1. The second-order valence-corrected chi connectivity index (χ2v) is 5.00. The molecule has 1 heterocycles. The van der Waals surface area contributed by atoms with E-state index in [1.807, 2.05) is 6.07 Å². The summed E-state index contributed by atoms with van der Waals surface area (Å²) in [5, 5.41) is 22.2. The van der Waals surface area contributed by atoms with Crippen LogP contribution in [0.25, 0.3) is 11.3 Å². The zero-order chi connectivity index (χ0) is 13.8. The molecule has 0 aliphatic heterocycles. The van der Waals surface area contributed by atoms with E-state index in [1.54, 1.807) is 30.3 Å². The Morgan fingerprint density at radius 3 is 2.74 bits per heavy atom. The van der Waals surface area contributed by atoms with Crippen molar-refractivity contribution in [2.75, 3.05) is 5.75 Å². The Morgan fingerprint density at radius 1 is 1.47 bits per heavy atom. The van der Waals surface area contributed by atoms with Crippen molar-refractivity contribution in [1.82, 2.24) is 9.19 Å². The summed E-state index contributed by atoms with van der Waals surface area (Å²) in [7, 11) is 0. The number of rotatable bonds is 4. The van der Waals surface area contributed by atoms with E-state index in [0.29, 0.717) is 16.3 Å². The van der Waals surface area contributed by atoms with Gasteiger partial charge in [0.15, 0.2) is 0 Å². The van der Waals surface area contributed by atoms with Crippen LogP contribution in [0.15, 0.2) is 35.4 Å². The lowest BCUT2D eigenvalue weighted by atomic mass is 10.1. The fraction of sp³-hybridized carbons (Fsp3) is 0.0833. The summed E-state index contributed by atoms with van der Waals surface area (Å²) in [5.74, 6) is -0.932. The summed E-state index contributed by atoms with van der Waals surface area (Å²) < 4.78 is 1.35. The van der Waals surface area contributed by atoms with Crippen molar-refractivity contribution in [1.29, 1.82) is 5.26 Å². The Balaban J connectivity index is 2.23. The molecule has 0 unspecified atom stereocenters. The molecule has 1 aromatic heterocycles. The number of aliphatic carboxylic acids is 1. The van der Waals surface area contributed by atoms with Gasteiger partial charge >= 0.3 is 5.97 Å². The number of nitriles is 1. The van der Waals surface area contributed by atoms with E-state index in [2.05, 4.69) is 17.9 Å². The van der Waals surface area contributed by atoms with Crippen molar-refractivity contribution >= 4 is 30.5 Å². The van der Waals surface area contributed by atoms with Crippen molar-refractivity contribution < 1.29 is 9.90 Å². The molecular weight excluding hydrogens is 282 g/mol. The minimum atomic E-state index is -0.889. The fourth-order valence-corrected chi connectivity index (χ4v) is 2.40. The summed E-state index contributed by atoms with van der Waals surface area (Å²) in [5.41, 5.74) is 2.12. The van der Waals surface area contributed by atoms with Crippen LogP contribution in [0.2, 0.25) is 0 Å². The number of aromatic nitrogens is 2. The zero-order valence-electron chi connectivity index (χ0n) is 9.65. The van der Waals surface area contributed by atoms with Gasteiger partial charge in [0.25, 0.3) is 0 Å². The molecule has 0 bridgehead atoms. The van der Waals surface area contributed by atoms with E-state index in [1.165, 1.54) is 4.09 Å². The van der Waals surface area contributed by atoms with Crippen LogP contribution in [-0.4, -0.2) is 26.0 Å². The van der Waals surface area contributed by atoms with Gasteiger partial charge in [0.05, 0.1) is 23.1 Å². The van der Waals surface area contributed by atoms with Crippen molar-refractivity contribution in [3.05, 3.63) is 35.9 Å². The van der Waals surface area contributed by atoms with Gasteiger partial charge in [0, 0.05) is 5.56 Å². The van der Waals surface area contributed by atoms with Crippen molar-refractivity contribution in [3.63, 3.8) is 0 Å². The molecule has 96 valence electrons. The Morgan fingerprint density at radius 2 is 2.16 bits per heavy atom. The number of carboxylic acid groups (broad SMARTS) is 1. The molecule has 0 atom stereocenters. The Kier molecular flexibility index (Phi) is 4.14. The summed E-state index contributed by atoms with van der Waals surface area (Å²) in [6, 6.07) is 10.8. The molecule has 0 fully saturated rings.